The number of ether oxygens (including phenoxy) is 2. The Morgan fingerprint density at radius 3 is 2.44 bits per heavy atom. The molecule has 0 spiro atoms. The smallest absolute Gasteiger partial charge is 0.247 e. The van der Waals surface area contributed by atoms with Crippen molar-refractivity contribution in [2.45, 2.75) is 11.3 Å². The first kappa shape index (κ1) is 18.9. The Morgan fingerprint density at radius 2 is 1.74 bits per heavy atom. The maximum atomic E-state index is 12.4. The Morgan fingerprint density at radius 1 is 1.00 bits per heavy atom. The van der Waals surface area contributed by atoms with Gasteiger partial charge in [0, 0.05) is 24.6 Å². The second kappa shape index (κ2) is 8.19. The minimum absolute atomic E-state index is 0.0793. The highest BCUT2D eigenvalue weighted by Crippen LogP contribution is 2.29. The molecule has 142 valence electrons. The quantitative estimate of drug-likeness (QED) is 0.630. The van der Waals surface area contributed by atoms with Gasteiger partial charge in [-0.2, -0.15) is 0 Å². The molecule has 0 aliphatic rings. The van der Waals surface area contributed by atoms with Crippen LogP contribution in [0, 0.1) is 0 Å². The van der Waals surface area contributed by atoms with Gasteiger partial charge in [-0.1, -0.05) is 18.2 Å². The van der Waals surface area contributed by atoms with Crippen LogP contribution in [0.25, 0.3) is 11.5 Å². The third kappa shape index (κ3) is 4.44. The molecule has 1 N–H and O–H groups in total. The highest BCUT2D eigenvalue weighted by Gasteiger charge is 2.17. The molecule has 27 heavy (non-hydrogen) atoms. The van der Waals surface area contributed by atoms with Gasteiger partial charge in [-0.25, -0.2) is 13.1 Å². The van der Waals surface area contributed by atoms with Crippen molar-refractivity contribution in [2.75, 3.05) is 20.8 Å². The molecular weight excluding hydrogens is 370 g/mol. The molecule has 0 bridgehead atoms. The van der Waals surface area contributed by atoms with Gasteiger partial charge >= 0.3 is 0 Å². The monoisotopic (exact) mass is 389 g/mol. The summed E-state index contributed by atoms with van der Waals surface area (Å²) in [6.45, 7) is 0.118. The van der Waals surface area contributed by atoms with Crippen LogP contribution >= 0.6 is 0 Å². The second-order valence-electron chi connectivity index (χ2n) is 5.53. The number of hydrogen-bond acceptors (Lipinski definition) is 7. The topological polar surface area (TPSA) is 104 Å². The van der Waals surface area contributed by atoms with E-state index in [-0.39, 0.29) is 17.9 Å². The van der Waals surface area contributed by atoms with Crippen molar-refractivity contribution in [1.82, 2.24) is 14.9 Å². The first-order valence-electron chi connectivity index (χ1n) is 8.13. The molecule has 0 aliphatic heterocycles. The molecule has 3 rings (SSSR count). The third-order valence-electron chi connectivity index (χ3n) is 3.78. The van der Waals surface area contributed by atoms with E-state index in [0.29, 0.717) is 23.3 Å². The van der Waals surface area contributed by atoms with E-state index in [1.807, 2.05) is 30.3 Å². The van der Waals surface area contributed by atoms with Crippen molar-refractivity contribution in [3.05, 3.63) is 54.4 Å². The summed E-state index contributed by atoms with van der Waals surface area (Å²) in [6.07, 6.45) is 0.270. The lowest BCUT2D eigenvalue weighted by atomic mass is 10.2. The van der Waals surface area contributed by atoms with Crippen molar-refractivity contribution >= 4 is 10.0 Å². The first-order chi connectivity index (χ1) is 13.0. The highest BCUT2D eigenvalue weighted by molar-refractivity contribution is 7.89. The molecule has 0 unspecified atom stereocenters. The van der Waals surface area contributed by atoms with Gasteiger partial charge in [-0.05, 0) is 24.3 Å². The molecule has 0 fully saturated rings. The number of aromatic nitrogens is 2. The summed E-state index contributed by atoms with van der Waals surface area (Å²) in [5, 5.41) is 7.92. The van der Waals surface area contributed by atoms with Crippen LogP contribution in [-0.2, 0) is 16.4 Å². The number of sulfonamides is 1. The molecule has 0 saturated heterocycles. The minimum Gasteiger partial charge on any atom is -0.493 e. The summed E-state index contributed by atoms with van der Waals surface area (Å²) in [4.78, 5) is 0.0793. The molecule has 0 saturated carbocycles. The fourth-order valence-electron chi connectivity index (χ4n) is 2.41. The molecule has 3 aromatic rings. The number of rotatable bonds is 8. The van der Waals surface area contributed by atoms with E-state index in [0.717, 1.165) is 5.56 Å². The van der Waals surface area contributed by atoms with E-state index in [1.54, 1.807) is 0 Å². The molecule has 8 nitrogen and oxygen atoms in total. The average molecular weight is 389 g/mol. The number of nitrogens with zero attached hydrogens (tertiary/aromatic N) is 2. The lowest BCUT2D eigenvalue weighted by Crippen LogP contribution is -2.26. The van der Waals surface area contributed by atoms with Crippen LogP contribution in [0.5, 0.6) is 11.5 Å². The second-order valence-corrected chi connectivity index (χ2v) is 7.30. The Bertz CT molecular complexity index is 1000. The largest absolute Gasteiger partial charge is 0.493 e. The summed E-state index contributed by atoms with van der Waals surface area (Å²) in [5.74, 6) is 1.54. The van der Waals surface area contributed by atoms with Crippen molar-refractivity contribution in [3.63, 3.8) is 0 Å². The molecule has 2 aromatic carbocycles. The van der Waals surface area contributed by atoms with Crippen LogP contribution < -0.4 is 14.2 Å². The van der Waals surface area contributed by atoms with Crippen LogP contribution in [0.4, 0.5) is 0 Å². The predicted molar refractivity (Wildman–Crippen MR) is 98.2 cm³/mol. The van der Waals surface area contributed by atoms with Gasteiger partial charge in [0.25, 0.3) is 0 Å². The van der Waals surface area contributed by atoms with Crippen LogP contribution in [-0.4, -0.2) is 39.4 Å². The zero-order valence-electron chi connectivity index (χ0n) is 14.9. The molecular formula is C18H19N3O5S. The van der Waals surface area contributed by atoms with E-state index in [2.05, 4.69) is 14.9 Å². The van der Waals surface area contributed by atoms with Crippen molar-refractivity contribution < 1.29 is 22.3 Å². The number of nitrogens with one attached hydrogen (secondary N) is 1. The molecule has 0 amide bonds. The Kier molecular flexibility index (Phi) is 5.72. The maximum Gasteiger partial charge on any atom is 0.247 e. The normalized spacial score (nSPS) is 11.3. The summed E-state index contributed by atoms with van der Waals surface area (Å²) in [7, 11) is -0.778. The van der Waals surface area contributed by atoms with Crippen molar-refractivity contribution in [1.29, 1.82) is 0 Å². The van der Waals surface area contributed by atoms with E-state index in [1.165, 1.54) is 32.4 Å². The van der Waals surface area contributed by atoms with Crippen LogP contribution in [0.15, 0.2) is 57.8 Å². The van der Waals surface area contributed by atoms with Crippen LogP contribution in [0.1, 0.15) is 5.89 Å². The lowest BCUT2D eigenvalue weighted by molar-refractivity contribution is 0.354. The van der Waals surface area contributed by atoms with Gasteiger partial charge in [-0.3, -0.25) is 0 Å². The van der Waals surface area contributed by atoms with Gasteiger partial charge < -0.3 is 13.9 Å². The molecule has 0 atom stereocenters. The molecule has 9 heteroatoms. The van der Waals surface area contributed by atoms with E-state index < -0.39 is 10.0 Å². The maximum absolute atomic E-state index is 12.4. The zero-order chi connectivity index (χ0) is 19.3. The summed E-state index contributed by atoms with van der Waals surface area (Å²) < 4.78 is 43.2. The van der Waals surface area contributed by atoms with Gasteiger partial charge in [0.1, 0.15) is 0 Å². The summed E-state index contributed by atoms with van der Waals surface area (Å²) in [5.41, 5.74) is 0.808. The Labute approximate surface area is 157 Å². The van der Waals surface area contributed by atoms with Gasteiger partial charge in [-0.15, -0.1) is 10.2 Å². The minimum atomic E-state index is -3.71. The van der Waals surface area contributed by atoms with E-state index in [9.17, 15) is 8.42 Å². The molecule has 0 aliphatic carbocycles. The molecule has 0 radical (unpaired) electrons. The van der Waals surface area contributed by atoms with Gasteiger partial charge in [0.15, 0.2) is 11.5 Å². The predicted octanol–water partition coefficient (Wildman–Crippen LogP) is 2.27. The molecule has 1 heterocycles. The standard InChI is InChI=1S/C18H19N3O5S/c1-24-15-9-8-14(12-16(15)25-2)27(22,23)19-11-10-17-20-21-18(26-17)13-6-4-3-5-7-13/h3-9,12,19H,10-11H2,1-2H3. The Balaban J connectivity index is 1.64. The van der Waals surface area contributed by atoms with Crippen molar-refractivity contribution in [2.24, 2.45) is 0 Å². The van der Waals surface area contributed by atoms with Gasteiger partial charge in [0.2, 0.25) is 21.8 Å². The SMILES string of the molecule is COc1ccc(S(=O)(=O)NCCc2nnc(-c3ccccc3)o2)cc1OC. The first-order valence-corrected chi connectivity index (χ1v) is 9.61. The van der Waals surface area contributed by atoms with Crippen LogP contribution in [0.3, 0.4) is 0 Å². The number of methoxy groups -OCH3 is 2. The summed E-state index contributed by atoms with van der Waals surface area (Å²) >= 11 is 0. The molecule has 1 aromatic heterocycles. The third-order valence-corrected chi connectivity index (χ3v) is 5.24. The number of hydrogen-bond donors (Lipinski definition) is 1. The van der Waals surface area contributed by atoms with Gasteiger partial charge in [0.05, 0.1) is 19.1 Å². The Hall–Kier alpha value is -2.91. The summed E-state index contributed by atoms with van der Waals surface area (Å²) in [6, 6.07) is 13.7. The van der Waals surface area contributed by atoms with Crippen molar-refractivity contribution in [3.8, 4) is 23.0 Å². The van der Waals surface area contributed by atoms with E-state index in [4.69, 9.17) is 13.9 Å². The average Bonchev–Trinajstić information content (AvgIpc) is 3.17. The number of benzene rings is 2. The fourth-order valence-corrected chi connectivity index (χ4v) is 3.46. The highest BCUT2D eigenvalue weighted by atomic mass is 32.2. The zero-order valence-corrected chi connectivity index (χ0v) is 15.7. The fraction of sp³-hybridized carbons (Fsp3) is 0.222. The van der Waals surface area contributed by atoms with Crippen LogP contribution in [0.2, 0.25) is 0 Å². The van der Waals surface area contributed by atoms with E-state index >= 15 is 0 Å². The lowest BCUT2D eigenvalue weighted by Gasteiger charge is -2.10.